The van der Waals surface area contributed by atoms with Gasteiger partial charge in [-0.15, -0.1) is 6.42 Å². The van der Waals surface area contributed by atoms with E-state index in [1.54, 1.807) is 6.20 Å². The number of nitrogens with zero attached hydrogens (tertiary/aromatic N) is 2. The molecule has 2 atom stereocenters. The van der Waals surface area contributed by atoms with Crippen molar-refractivity contribution in [1.29, 1.82) is 0 Å². The summed E-state index contributed by atoms with van der Waals surface area (Å²) in [5.74, 6) is 1.89. The van der Waals surface area contributed by atoms with Crippen molar-refractivity contribution in [3.8, 4) is 23.5 Å². The molecule has 132 valence electrons. The molecule has 1 aliphatic rings. The predicted molar refractivity (Wildman–Crippen MR) is 104 cm³/mol. The number of terminal acetylenes is 1. The van der Waals surface area contributed by atoms with Crippen LogP contribution in [0, 0.1) is 18.3 Å². The van der Waals surface area contributed by atoms with Gasteiger partial charge in [0, 0.05) is 16.5 Å². The molecule has 0 unspecified atom stereocenters. The molecule has 2 heterocycles. The molecule has 5 nitrogen and oxygen atoms in total. The molecule has 4 aromatic rings. The Kier molecular flexibility index (Phi) is 3.49. The van der Waals surface area contributed by atoms with E-state index in [1.807, 2.05) is 30.3 Å². The van der Waals surface area contributed by atoms with Crippen molar-refractivity contribution in [3.63, 3.8) is 0 Å². The number of aromatic amines is 1. The molecule has 1 saturated carbocycles. The lowest BCUT2D eigenvalue weighted by Gasteiger charge is -2.07. The van der Waals surface area contributed by atoms with Crippen LogP contribution in [-0.2, 0) is 4.79 Å². The van der Waals surface area contributed by atoms with Crippen molar-refractivity contribution in [2.45, 2.75) is 12.6 Å². The first-order chi connectivity index (χ1) is 13.1. The van der Waals surface area contributed by atoms with Gasteiger partial charge in [0.15, 0.2) is 5.13 Å². The van der Waals surface area contributed by atoms with Crippen molar-refractivity contribution in [2.75, 3.05) is 5.32 Å². The molecular formula is C20H13FN4OS. The molecule has 1 amide bonds. The molecular weight excluding hydrogens is 363 g/mol. The van der Waals surface area contributed by atoms with E-state index in [0.29, 0.717) is 11.6 Å². The number of amides is 1. The van der Waals surface area contributed by atoms with Gasteiger partial charge in [-0.05, 0) is 36.2 Å². The van der Waals surface area contributed by atoms with Crippen molar-refractivity contribution in [3.05, 3.63) is 42.1 Å². The van der Waals surface area contributed by atoms with Crippen LogP contribution >= 0.6 is 11.3 Å². The highest BCUT2D eigenvalue weighted by molar-refractivity contribution is 7.22. The average Bonchev–Trinajstić information content (AvgIpc) is 3.07. The fourth-order valence-corrected chi connectivity index (χ4v) is 4.12. The van der Waals surface area contributed by atoms with E-state index in [0.717, 1.165) is 37.8 Å². The summed E-state index contributed by atoms with van der Waals surface area (Å²) in [5, 5.41) is 11.2. The molecule has 0 aliphatic heterocycles. The Morgan fingerprint density at radius 1 is 1.37 bits per heavy atom. The van der Waals surface area contributed by atoms with Crippen molar-refractivity contribution in [2.24, 2.45) is 5.92 Å². The lowest BCUT2D eigenvalue weighted by Crippen LogP contribution is -2.14. The number of nitrogens with one attached hydrogen (secondary N) is 2. The third kappa shape index (κ3) is 2.66. The zero-order valence-electron chi connectivity index (χ0n) is 14.0. The van der Waals surface area contributed by atoms with Crippen LogP contribution in [0.3, 0.4) is 0 Å². The fourth-order valence-electron chi connectivity index (χ4n) is 3.22. The number of thiazole rings is 1. The van der Waals surface area contributed by atoms with E-state index < -0.39 is 12.1 Å². The number of fused-ring (bicyclic) bond motifs is 2. The second kappa shape index (κ2) is 5.89. The first kappa shape index (κ1) is 16.0. The SMILES string of the molecule is C#Cc1ccc2[nH]ncc2c1-c1ccc2nc(NC(=O)[C@@H]3C[C@@H]3F)sc2c1. The normalized spacial score (nSPS) is 18.5. The maximum Gasteiger partial charge on any atom is 0.232 e. The van der Waals surface area contributed by atoms with Crippen LogP contribution in [0.5, 0.6) is 0 Å². The van der Waals surface area contributed by atoms with E-state index in [-0.39, 0.29) is 5.91 Å². The summed E-state index contributed by atoms with van der Waals surface area (Å²) >= 11 is 1.36. The van der Waals surface area contributed by atoms with Gasteiger partial charge < -0.3 is 5.32 Å². The molecule has 0 saturated heterocycles. The summed E-state index contributed by atoms with van der Waals surface area (Å²) in [6, 6.07) is 9.65. The van der Waals surface area contributed by atoms with Gasteiger partial charge in [-0.25, -0.2) is 9.37 Å². The lowest BCUT2D eigenvalue weighted by atomic mass is 9.96. The van der Waals surface area contributed by atoms with E-state index in [4.69, 9.17) is 6.42 Å². The molecule has 2 N–H and O–H groups in total. The summed E-state index contributed by atoms with van der Waals surface area (Å²) in [7, 11) is 0. The number of carbonyl (C=O) groups excluding carboxylic acids is 1. The minimum Gasteiger partial charge on any atom is -0.302 e. The van der Waals surface area contributed by atoms with Crippen LogP contribution in [0.25, 0.3) is 32.2 Å². The molecule has 1 aliphatic carbocycles. The van der Waals surface area contributed by atoms with Crippen LogP contribution < -0.4 is 5.32 Å². The number of carbonyl (C=O) groups is 1. The van der Waals surface area contributed by atoms with E-state index >= 15 is 0 Å². The van der Waals surface area contributed by atoms with Gasteiger partial charge in [-0.3, -0.25) is 9.89 Å². The minimum atomic E-state index is -1.02. The Bertz CT molecular complexity index is 1250. The predicted octanol–water partition coefficient (Wildman–Crippen LogP) is 4.12. The van der Waals surface area contributed by atoms with Crippen molar-refractivity contribution in [1.82, 2.24) is 15.2 Å². The topological polar surface area (TPSA) is 70.7 Å². The molecule has 7 heteroatoms. The second-order valence-electron chi connectivity index (χ2n) is 6.51. The Morgan fingerprint density at radius 3 is 3.00 bits per heavy atom. The lowest BCUT2D eigenvalue weighted by molar-refractivity contribution is -0.117. The van der Waals surface area contributed by atoms with Gasteiger partial charge in [-0.1, -0.05) is 23.3 Å². The van der Waals surface area contributed by atoms with Crippen LogP contribution in [0.1, 0.15) is 12.0 Å². The Labute approximate surface area is 157 Å². The maximum absolute atomic E-state index is 13.0. The monoisotopic (exact) mass is 376 g/mol. The first-order valence-corrected chi connectivity index (χ1v) is 9.24. The number of anilines is 1. The minimum absolute atomic E-state index is 0.296. The summed E-state index contributed by atoms with van der Waals surface area (Å²) in [6.07, 6.45) is 6.73. The van der Waals surface area contributed by atoms with E-state index in [9.17, 15) is 9.18 Å². The molecule has 1 fully saturated rings. The summed E-state index contributed by atoms with van der Waals surface area (Å²) in [6.45, 7) is 0. The highest BCUT2D eigenvalue weighted by Crippen LogP contribution is 2.37. The quantitative estimate of drug-likeness (QED) is 0.529. The zero-order chi connectivity index (χ0) is 18.5. The van der Waals surface area contributed by atoms with Gasteiger partial charge in [-0.2, -0.15) is 5.10 Å². The fraction of sp³-hybridized carbons (Fsp3) is 0.150. The largest absolute Gasteiger partial charge is 0.302 e. The van der Waals surface area contributed by atoms with E-state index in [2.05, 4.69) is 26.4 Å². The molecule has 27 heavy (non-hydrogen) atoms. The third-order valence-electron chi connectivity index (χ3n) is 4.74. The zero-order valence-corrected chi connectivity index (χ0v) is 14.8. The Morgan fingerprint density at radius 2 is 2.22 bits per heavy atom. The van der Waals surface area contributed by atoms with Gasteiger partial charge in [0.25, 0.3) is 0 Å². The summed E-state index contributed by atoms with van der Waals surface area (Å²) < 4.78 is 14.0. The maximum atomic E-state index is 13.0. The smallest absolute Gasteiger partial charge is 0.232 e. The van der Waals surface area contributed by atoms with E-state index in [1.165, 1.54) is 11.3 Å². The highest BCUT2D eigenvalue weighted by atomic mass is 32.1. The Hall–Kier alpha value is -3.24. The number of hydrogen-bond acceptors (Lipinski definition) is 4. The van der Waals surface area contributed by atoms with Crippen LogP contribution in [0.4, 0.5) is 9.52 Å². The second-order valence-corrected chi connectivity index (χ2v) is 7.54. The molecule has 0 spiro atoms. The van der Waals surface area contributed by atoms with Crippen molar-refractivity contribution >= 4 is 43.5 Å². The highest BCUT2D eigenvalue weighted by Gasteiger charge is 2.43. The van der Waals surface area contributed by atoms with Gasteiger partial charge in [0.1, 0.15) is 6.17 Å². The Balaban J connectivity index is 1.57. The van der Waals surface area contributed by atoms with Crippen LogP contribution in [0.2, 0.25) is 0 Å². The standard InChI is InChI=1S/C20H13FN4OS/c1-2-10-3-5-15-13(9-22-25-15)18(10)11-4-6-16-17(7-11)27-20(23-16)24-19(26)12-8-14(12)21/h1,3-7,9,12,14H,8H2,(H,22,25)(H,23,24,26)/t12-,14+/m1/s1. The molecule has 2 aromatic carbocycles. The molecule has 5 rings (SSSR count). The summed E-state index contributed by atoms with van der Waals surface area (Å²) in [4.78, 5) is 16.4. The van der Waals surface area contributed by atoms with Crippen LogP contribution in [0.15, 0.2) is 36.5 Å². The number of halogens is 1. The third-order valence-corrected chi connectivity index (χ3v) is 5.67. The van der Waals surface area contributed by atoms with Crippen molar-refractivity contribution < 1.29 is 9.18 Å². The number of aromatic nitrogens is 3. The molecule has 0 radical (unpaired) electrons. The average molecular weight is 376 g/mol. The first-order valence-electron chi connectivity index (χ1n) is 8.42. The number of hydrogen-bond donors (Lipinski definition) is 2. The number of H-pyrrole nitrogens is 1. The molecule has 0 bridgehead atoms. The molecule has 2 aromatic heterocycles. The van der Waals surface area contributed by atoms with Gasteiger partial charge in [0.2, 0.25) is 5.91 Å². The van der Waals surface area contributed by atoms with Gasteiger partial charge in [0.05, 0.1) is 27.8 Å². The van der Waals surface area contributed by atoms with Crippen LogP contribution in [-0.4, -0.2) is 27.3 Å². The van der Waals surface area contributed by atoms with Gasteiger partial charge >= 0.3 is 0 Å². The number of benzene rings is 2. The number of alkyl halides is 1. The number of rotatable bonds is 3. The summed E-state index contributed by atoms with van der Waals surface area (Å²) in [5.41, 5.74) is 4.35.